The van der Waals surface area contributed by atoms with E-state index in [-0.39, 0.29) is 33.9 Å². The topological polar surface area (TPSA) is 113 Å². The van der Waals surface area contributed by atoms with Gasteiger partial charge in [0.15, 0.2) is 5.75 Å². The molecule has 2 aromatic carbocycles. The lowest BCUT2D eigenvalue weighted by atomic mass is 10.2. The van der Waals surface area contributed by atoms with Gasteiger partial charge in [-0.3, -0.25) is 4.90 Å². The van der Waals surface area contributed by atoms with E-state index in [1.165, 1.54) is 24.3 Å². The van der Waals surface area contributed by atoms with Crippen LogP contribution in [0.1, 0.15) is 12.8 Å². The monoisotopic (exact) mass is 429 g/mol. The van der Waals surface area contributed by atoms with Gasteiger partial charge in [0.2, 0.25) is 10.0 Å². The van der Waals surface area contributed by atoms with Gasteiger partial charge in [0.25, 0.3) is 0 Å². The van der Waals surface area contributed by atoms with Crippen molar-refractivity contribution in [2.45, 2.75) is 17.7 Å². The fourth-order valence-corrected chi connectivity index (χ4v) is 4.55. The van der Waals surface area contributed by atoms with Gasteiger partial charge >= 0.3 is 6.03 Å². The summed E-state index contributed by atoms with van der Waals surface area (Å²) in [6, 6.07) is 7.95. The first kappa shape index (κ1) is 19.8. The first-order valence-electron chi connectivity index (χ1n) is 8.07. The van der Waals surface area contributed by atoms with E-state index in [4.69, 9.17) is 28.9 Å². The van der Waals surface area contributed by atoms with Crippen molar-refractivity contribution in [2.75, 3.05) is 11.4 Å². The molecule has 1 aliphatic carbocycles. The highest BCUT2D eigenvalue weighted by molar-refractivity contribution is 7.89. The van der Waals surface area contributed by atoms with E-state index in [0.29, 0.717) is 0 Å². The minimum Gasteiger partial charge on any atom is -0.504 e. The number of amides is 2. The zero-order valence-corrected chi connectivity index (χ0v) is 16.4. The number of hydrogen-bond acceptors (Lipinski definition) is 4. The number of phenolic OH excluding ortho intramolecular Hbond substituents is 1. The summed E-state index contributed by atoms with van der Waals surface area (Å²) in [4.78, 5) is 12.5. The number of anilines is 2. The van der Waals surface area contributed by atoms with Gasteiger partial charge < -0.3 is 10.8 Å². The number of aromatic hydroxyl groups is 1. The molecule has 2 aromatic rings. The average molecular weight is 430 g/mol. The highest BCUT2D eigenvalue weighted by Crippen LogP contribution is 2.43. The van der Waals surface area contributed by atoms with Crippen LogP contribution in [-0.4, -0.2) is 26.1 Å². The third-order valence-electron chi connectivity index (χ3n) is 4.14. The Morgan fingerprint density at radius 1 is 1.15 bits per heavy atom. The van der Waals surface area contributed by atoms with Gasteiger partial charge in [-0.2, -0.15) is 0 Å². The van der Waals surface area contributed by atoms with E-state index in [1.54, 1.807) is 12.1 Å². The van der Waals surface area contributed by atoms with E-state index in [2.05, 4.69) is 4.72 Å². The summed E-state index contributed by atoms with van der Waals surface area (Å²) in [5.74, 6) is -0.404. The van der Waals surface area contributed by atoms with Crippen LogP contribution in [0, 0.1) is 5.92 Å². The number of halogens is 2. The SMILES string of the molecule is NC(=O)N(c1ccccc1Cl)c1ccc(Cl)c(S(=O)(=O)NCC2CC2)c1O. The van der Waals surface area contributed by atoms with Gasteiger partial charge in [-0.25, -0.2) is 17.9 Å². The number of nitrogens with one attached hydrogen (secondary N) is 1. The summed E-state index contributed by atoms with van der Waals surface area (Å²) in [5, 5.41) is 10.7. The Kier molecular flexibility index (Phi) is 5.53. The number of carbonyl (C=O) groups is 1. The molecule has 0 radical (unpaired) electrons. The number of sulfonamides is 1. The average Bonchev–Trinajstić information content (AvgIpc) is 3.41. The minimum absolute atomic E-state index is 0.146. The molecule has 4 N–H and O–H groups in total. The number of primary amides is 1. The molecular formula is C17H17Cl2N3O4S. The summed E-state index contributed by atoms with van der Waals surface area (Å²) in [7, 11) is -4.09. The molecule has 27 heavy (non-hydrogen) atoms. The smallest absolute Gasteiger partial charge is 0.324 e. The number of nitrogens with zero attached hydrogens (tertiary/aromatic N) is 1. The van der Waals surface area contributed by atoms with Crippen LogP contribution >= 0.6 is 23.2 Å². The summed E-state index contributed by atoms with van der Waals surface area (Å²) >= 11 is 12.2. The number of benzene rings is 2. The summed E-state index contributed by atoms with van der Waals surface area (Å²) in [6.07, 6.45) is 1.90. The lowest BCUT2D eigenvalue weighted by molar-refractivity contribution is 0.256. The van der Waals surface area contributed by atoms with Gasteiger partial charge in [0, 0.05) is 6.54 Å². The Labute approximate surface area is 166 Å². The fraction of sp³-hybridized carbons (Fsp3) is 0.235. The maximum absolute atomic E-state index is 12.6. The largest absolute Gasteiger partial charge is 0.504 e. The van der Waals surface area contributed by atoms with Gasteiger partial charge in [-0.05, 0) is 43.0 Å². The van der Waals surface area contributed by atoms with Crippen LogP contribution in [0.25, 0.3) is 0 Å². The van der Waals surface area contributed by atoms with E-state index >= 15 is 0 Å². The maximum atomic E-state index is 12.6. The zero-order chi connectivity index (χ0) is 19.8. The molecule has 0 unspecified atom stereocenters. The van der Waals surface area contributed by atoms with E-state index < -0.39 is 26.7 Å². The second-order valence-electron chi connectivity index (χ2n) is 6.16. The van der Waals surface area contributed by atoms with E-state index in [9.17, 15) is 18.3 Å². The van der Waals surface area contributed by atoms with Crippen LogP contribution in [0.5, 0.6) is 5.75 Å². The number of rotatable bonds is 6. The van der Waals surface area contributed by atoms with Crippen molar-refractivity contribution in [1.82, 2.24) is 4.72 Å². The van der Waals surface area contributed by atoms with Crippen molar-refractivity contribution in [3.05, 3.63) is 46.4 Å². The second-order valence-corrected chi connectivity index (χ2v) is 8.68. The van der Waals surface area contributed by atoms with Gasteiger partial charge in [-0.15, -0.1) is 0 Å². The predicted octanol–water partition coefficient (Wildman–Crippen LogP) is 3.60. The highest BCUT2D eigenvalue weighted by atomic mass is 35.5. The van der Waals surface area contributed by atoms with E-state index in [1.807, 2.05) is 0 Å². The van der Waals surface area contributed by atoms with Crippen molar-refractivity contribution in [3.8, 4) is 5.75 Å². The first-order valence-corrected chi connectivity index (χ1v) is 10.3. The van der Waals surface area contributed by atoms with Crippen molar-refractivity contribution < 1.29 is 18.3 Å². The zero-order valence-electron chi connectivity index (χ0n) is 14.0. The molecule has 1 fully saturated rings. The summed E-state index contributed by atoms with van der Waals surface area (Å²) in [6.45, 7) is 0.256. The molecule has 0 heterocycles. The number of hydrogen-bond donors (Lipinski definition) is 3. The van der Waals surface area contributed by atoms with Crippen molar-refractivity contribution >= 4 is 50.6 Å². The van der Waals surface area contributed by atoms with Crippen LogP contribution in [0.15, 0.2) is 41.3 Å². The Hall–Kier alpha value is -2.00. The standard InChI is InChI=1S/C17H17Cl2N3O4S/c18-11-3-1-2-4-13(11)22(17(20)24)14-8-7-12(19)16(15(14)23)27(25,26)21-9-10-5-6-10/h1-4,7-8,10,21,23H,5-6,9H2,(H2,20,24). The Morgan fingerprint density at radius 3 is 2.41 bits per heavy atom. The predicted molar refractivity (Wildman–Crippen MR) is 104 cm³/mol. The van der Waals surface area contributed by atoms with Gasteiger partial charge in [0.1, 0.15) is 4.90 Å². The maximum Gasteiger partial charge on any atom is 0.324 e. The molecule has 7 nitrogen and oxygen atoms in total. The van der Waals surface area contributed by atoms with Gasteiger partial charge in [0.05, 0.1) is 21.4 Å². The van der Waals surface area contributed by atoms with Crippen LogP contribution in [0.3, 0.4) is 0 Å². The fourth-order valence-electron chi connectivity index (χ4n) is 2.59. The molecule has 1 aliphatic rings. The minimum atomic E-state index is -4.09. The van der Waals surface area contributed by atoms with E-state index in [0.717, 1.165) is 17.7 Å². The van der Waals surface area contributed by atoms with Gasteiger partial charge in [-0.1, -0.05) is 35.3 Å². The quantitative estimate of drug-likeness (QED) is 0.650. The van der Waals surface area contributed by atoms with Crippen molar-refractivity contribution in [2.24, 2.45) is 11.7 Å². The third kappa shape index (κ3) is 4.14. The molecule has 0 atom stereocenters. The Balaban J connectivity index is 2.10. The Morgan fingerprint density at radius 2 is 1.81 bits per heavy atom. The van der Waals surface area contributed by atoms with Crippen LogP contribution < -0.4 is 15.4 Å². The Bertz CT molecular complexity index is 994. The normalized spacial score (nSPS) is 14.1. The summed E-state index contributed by atoms with van der Waals surface area (Å²) < 4.78 is 27.7. The molecule has 1 saturated carbocycles. The molecule has 0 spiro atoms. The van der Waals surface area contributed by atoms with Crippen molar-refractivity contribution in [3.63, 3.8) is 0 Å². The van der Waals surface area contributed by atoms with Crippen molar-refractivity contribution in [1.29, 1.82) is 0 Å². The molecule has 0 aromatic heterocycles. The highest BCUT2D eigenvalue weighted by Gasteiger charge is 2.31. The number of para-hydroxylation sites is 1. The van der Waals surface area contributed by atoms with Crippen LogP contribution in [0.4, 0.5) is 16.2 Å². The second kappa shape index (κ2) is 7.55. The molecule has 144 valence electrons. The number of phenols is 1. The molecule has 0 aliphatic heterocycles. The molecule has 0 saturated heterocycles. The number of carbonyl (C=O) groups excluding carboxylic acids is 1. The first-order chi connectivity index (χ1) is 12.7. The molecule has 2 amide bonds. The number of nitrogens with two attached hydrogens (primary N) is 1. The van der Waals surface area contributed by atoms with Crippen LogP contribution in [-0.2, 0) is 10.0 Å². The molecular weight excluding hydrogens is 413 g/mol. The molecule has 10 heteroatoms. The number of urea groups is 1. The molecule has 3 rings (SSSR count). The lowest BCUT2D eigenvalue weighted by Gasteiger charge is -2.24. The van der Waals surface area contributed by atoms with Crippen LogP contribution in [0.2, 0.25) is 10.0 Å². The summed E-state index contributed by atoms with van der Waals surface area (Å²) in [5.41, 5.74) is 5.51. The lowest BCUT2D eigenvalue weighted by Crippen LogP contribution is -2.32. The molecule has 0 bridgehead atoms. The third-order valence-corrected chi connectivity index (χ3v) is 6.39.